The highest BCUT2D eigenvalue weighted by molar-refractivity contribution is 7.57. The molecule has 0 saturated heterocycles. The van der Waals surface area contributed by atoms with Crippen LogP contribution in [0.3, 0.4) is 0 Å². The van der Waals surface area contributed by atoms with Crippen LogP contribution < -0.4 is 9.61 Å². The molecule has 1 unspecified atom stereocenters. The molecular weight excluding hydrogens is 543 g/mol. The van der Waals surface area contributed by atoms with E-state index in [0.717, 1.165) is 34.2 Å². The zero-order valence-electron chi connectivity index (χ0n) is 25.2. The molecule has 10 heteroatoms. The van der Waals surface area contributed by atoms with E-state index in [4.69, 9.17) is 14.0 Å². The Morgan fingerprint density at radius 2 is 1.90 bits per heavy atom. The second-order valence-electron chi connectivity index (χ2n) is 10.8. The van der Waals surface area contributed by atoms with Gasteiger partial charge in [-0.25, -0.2) is 9.88 Å². The maximum Gasteiger partial charge on any atom is 0.342 e. The van der Waals surface area contributed by atoms with Crippen LogP contribution in [0.1, 0.15) is 67.2 Å². The van der Waals surface area contributed by atoms with E-state index in [9.17, 15) is 19.3 Å². The van der Waals surface area contributed by atoms with Gasteiger partial charge in [0.1, 0.15) is 29.7 Å². The van der Waals surface area contributed by atoms with E-state index in [1.165, 1.54) is 0 Å². The number of nitrogens with one attached hydrogen (secondary N) is 1. The van der Waals surface area contributed by atoms with Gasteiger partial charge < -0.3 is 24.0 Å². The number of fused-ring (bicyclic) bond motifs is 1. The average Bonchev–Trinajstić information content (AvgIpc) is 3.30. The highest BCUT2D eigenvalue weighted by Gasteiger charge is 2.32. The Bertz CT molecular complexity index is 1320. The molecule has 2 N–H and O–H groups in total. The fourth-order valence-corrected chi connectivity index (χ4v) is 7.00. The number of nitrogens with zero attached hydrogens (tertiary/aromatic N) is 1. The largest absolute Gasteiger partial charge is 0.507 e. The van der Waals surface area contributed by atoms with Gasteiger partial charge in [-0.15, -0.1) is 0 Å². The van der Waals surface area contributed by atoms with Gasteiger partial charge in [-0.3, -0.25) is 9.36 Å². The van der Waals surface area contributed by atoms with Crippen LogP contribution in [-0.2, 0) is 38.3 Å². The number of phenolic OH excluding ortho intramolecular Hbond substituents is 1. The van der Waals surface area contributed by atoms with Crippen LogP contribution in [0.25, 0.3) is 0 Å². The number of aromatic hydroxyl groups is 1. The van der Waals surface area contributed by atoms with Gasteiger partial charge in [-0.2, -0.15) is 0 Å². The number of carbonyl (C=O) groups excluding carboxylic acids is 2. The van der Waals surface area contributed by atoms with Gasteiger partial charge in [0.25, 0.3) is 0 Å². The summed E-state index contributed by atoms with van der Waals surface area (Å²) in [6.07, 6.45) is 3.13. The number of rotatable bonds is 14. The van der Waals surface area contributed by atoms with Gasteiger partial charge >= 0.3 is 19.5 Å². The number of phenols is 1. The first-order chi connectivity index (χ1) is 19.3. The minimum atomic E-state index is -3.48. The molecule has 0 bridgehead atoms. The lowest BCUT2D eigenvalue weighted by Crippen LogP contribution is -2.37. The molecular formula is C31H43N2O7P. The van der Waals surface area contributed by atoms with Crippen LogP contribution in [0.15, 0.2) is 42.0 Å². The first-order valence-corrected chi connectivity index (χ1v) is 15.9. The van der Waals surface area contributed by atoms with Gasteiger partial charge in [0, 0.05) is 24.2 Å². The van der Waals surface area contributed by atoms with Crippen LogP contribution in [-0.4, -0.2) is 60.4 Å². The number of ether oxygens (including phenoxy) is 2. The van der Waals surface area contributed by atoms with Crippen LogP contribution >= 0.6 is 7.52 Å². The number of para-hydroxylation sites is 1. The molecule has 224 valence electrons. The first-order valence-electron chi connectivity index (χ1n) is 14.0. The molecule has 1 aliphatic rings. The normalized spacial score (nSPS) is 15.4. The average molecular weight is 587 g/mol. The first kappa shape index (κ1) is 32.4. The van der Waals surface area contributed by atoms with E-state index in [1.54, 1.807) is 45.0 Å². The van der Waals surface area contributed by atoms with E-state index < -0.39 is 25.5 Å². The summed E-state index contributed by atoms with van der Waals surface area (Å²) in [6.45, 7) is 12.4. The Kier molecular flexibility index (Phi) is 11.2. The number of benzene rings is 2. The highest BCUT2D eigenvalue weighted by atomic mass is 31.2. The molecule has 3 rings (SSSR count). The summed E-state index contributed by atoms with van der Waals surface area (Å²) in [5.41, 5.74) is 4.89. The Hall–Kier alpha value is -3.13. The summed E-state index contributed by atoms with van der Waals surface area (Å²) in [5, 5.41) is 13.8. The molecule has 2 atom stereocenters. The standard InChI is InChI=1S/C31H43N2O7P/c1-8-25-22(5)27-19-38-31(36)28(27)29(34)26(25)15-14-21(4)18-33(7)16-17-41(37,40-24-12-10-9-11-13-24)32-23(6)30(35)39-20(2)3/h9-14,20,23,34H,8,15-19H2,1-7H3,(H,32,37)/t23-,41?/m0/s1. The lowest BCUT2D eigenvalue weighted by molar-refractivity contribution is -0.149. The molecule has 1 heterocycles. The van der Waals surface area contributed by atoms with Crippen LogP contribution in [0, 0.1) is 6.92 Å². The third-order valence-corrected chi connectivity index (χ3v) is 9.12. The Morgan fingerprint density at radius 1 is 1.22 bits per heavy atom. The number of carbonyl (C=O) groups is 2. The molecule has 41 heavy (non-hydrogen) atoms. The third kappa shape index (κ3) is 8.44. The molecule has 2 aromatic rings. The number of likely N-dealkylation sites (N-methyl/N-ethyl adjacent to an activating group) is 1. The van der Waals surface area contributed by atoms with Crippen LogP contribution in [0.2, 0.25) is 0 Å². The topological polar surface area (TPSA) is 114 Å². The van der Waals surface area contributed by atoms with Crippen molar-refractivity contribution in [3.63, 3.8) is 0 Å². The molecule has 2 aromatic carbocycles. The number of allylic oxidation sites excluding steroid dienone is 1. The van der Waals surface area contributed by atoms with E-state index >= 15 is 0 Å². The summed E-state index contributed by atoms with van der Waals surface area (Å²) in [7, 11) is -1.56. The predicted octanol–water partition coefficient (Wildman–Crippen LogP) is 5.56. The van der Waals surface area contributed by atoms with Crippen molar-refractivity contribution in [2.24, 2.45) is 0 Å². The SMILES string of the molecule is CCc1c(C)c2c(c(O)c1CC=C(C)CN(C)CCP(=O)(N[C@@H](C)C(=O)OC(C)C)Oc1ccccc1)C(=O)OC2. The molecule has 1 aliphatic heterocycles. The summed E-state index contributed by atoms with van der Waals surface area (Å²) in [5.74, 6) is -0.509. The van der Waals surface area contributed by atoms with Crippen molar-refractivity contribution in [2.45, 2.75) is 73.1 Å². The molecule has 9 nitrogen and oxygen atoms in total. The smallest absolute Gasteiger partial charge is 0.342 e. The Morgan fingerprint density at radius 3 is 2.54 bits per heavy atom. The second-order valence-corrected chi connectivity index (χ2v) is 13.1. The number of esters is 2. The zero-order valence-corrected chi connectivity index (χ0v) is 26.0. The van der Waals surface area contributed by atoms with Gasteiger partial charge in [-0.1, -0.05) is 36.8 Å². The minimum absolute atomic E-state index is 0.0116. The van der Waals surface area contributed by atoms with E-state index in [0.29, 0.717) is 25.3 Å². The Labute approximate surface area is 243 Å². The zero-order chi connectivity index (χ0) is 30.3. The summed E-state index contributed by atoms with van der Waals surface area (Å²) in [6, 6.07) is 8.07. The quantitative estimate of drug-likeness (QED) is 0.167. The van der Waals surface area contributed by atoms with Crippen molar-refractivity contribution in [3.8, 4) is 11.5 Å². The fourth-order valence-electron chi connectivity index (χ4n) is 4.96. The second kappa shape index (κ2) is 14.2. The van der Waals surface area contributed by atoms with Crippen molar-refractivity contribution in [3.05, 3.63) is 69.8 Å². The van der Waals surface area contributed by atoms with Gasteiger partial charge in [-0.05, 0) is 77.8 Å². The van der Waals surface area contributed by atoms with E-state index in [1.807, 2.05) is 44.9 Å². The van der Waals surface area contributed by atoms with Crippen molar-refractivity contribution >= 4 is 19.5 Å². The Balaban J connectivity index is 1.69. The van der Waals surface area contributed by atoms with Crippen molar-refractivity contribution in [1.29, 1.82) is 0 Å². The maximum atomic E-state index is 13.9. The maximum absolute atomic E-state index is 13.9. The molecule has 0 aliphatic carbocycles. The lowest BCUT2D eigenvalue weighted by Gasteiger charge is -2.26. The lowest BCUT2D eigenvalue weighted by atomic mass is 9.89. The van der Waals surface area contributed by atoms with Gasteiger partial charge in [0.15, 0.2) is 0 Å². The van der Waals surface area contributed by atoms with Crippen molar-refractivity contribution in [1.82, 2.24) is 9.99 Å². The number of hydrogen-bond acceptors (Lipinski definition) is 8. The molecule has 0 radical (unpaired) electrons. The van der Waals surface area contributed by atoms with E-state index in [2.05, 4.69) is 5.09 Å². The van der Waals surface area contributed by atoms with Crippen molar-refractivity contribution in [2.75, 3.05) is 26.3 Å². The molecule has 0 saturated carbocycles. The minimum Gasteiger partial charge on any atom is -0.507 e. The molecule has 0 fully saturated rings. The predicted molar refractivity (Wildman–Crippen MR) is 160 cm³/mol. The highest BCUT2D eigenvalue weighted by Crippen LogP contribution is 2.43. The van der Waals surface area contributed by atoms with Gasteiger partial charge in [0.05, 0.1) is 12.3 Å². The summed E-state index contributed by atoms with van der Waals surface area (Å²) < 4.78 is 30.3. The monoisotopic (exact) mass is 586 g/mol. The van der Waals surface area contributed by atoms with Crippen molar-refractivity contribution < 1.29 is 33.3 Å². The fraction of sp³-hybridized carbons (Fsp3) is 0.484. The van der Waals surface area contributed by atoms with Gasteiger partial charge in [0.2, 0.25) is 0 Å². The van der Waals surface area contributed by atoms with Crippen LogP contribution in [0.5, 0.6) is 11.5 Å². The molecule has 0 aromatic heterocycles. The van der Waals surface area contributed by atoms with E-state index in [-0.39, 0.29) is 30.2 Å². The summed E-state index contributed by atoms with van der Waals surface area (Å²) in [4.78, 5) is 26.7. The number of cyclic esters (lactones) is 1. The molecule has 0 spiro atoms. The molecule has 0 amide bonds. The number of hydrogen-bond donors (Lipinski definition) is 2. The van der Waals surface area contributed by atoms with Crippen LogP contribution in [0.4, 0.5) is 0 Å². The summed E-state index contributed by atoms with van der Waals surface area (Å²) >= 11 is 0. The third-order valence-electron chi connectivity index (χ3n) is 7.04.